The normalized spacial score (nSPS) is 15.0. The molecule has 2 heterocycles. The summed E-state index contributed by atoms with van der Waals surface area (Å²) in [4.78, 5) is 21.3. The molecule has 0 atom stereocenters. The van der Waals surface area contributed by atoms with Gasteiger partial charge in [0.05, 0.1) is 6.54 Å². The van der Waals surface area contributed by atoms with Crippen molar-refractivity contribution in [3.8, 4) is 11.4 Å². The minimum atomic E-state index is 0.0700. The zero-order valence-corrected chi connectivity index (χ0v) is 17.2. The number of hydrogen-bond donors (Lipinski definition) is 0. The van der Waals surface area contributed by atoms with Crippen molar-refractivity contribution >= 4 is 21.8 Å². The third-order valence-electron chi connectivity index (χ3n) is 4.94. The largest absolute Gasteiger partial charge is 0.338 e. The summed E-state index contributed by atoms with van der Waals surface area (Å²) in [6, 6.07) is 15.5. The fraction of sp³-hybridized carbons (Fsp3) is 0.286. The van der Waals surface area contributed by atoms with Gasteiger partial charge < -0.3 is 9.42 Å². The number of amides is 1. The molecule has 7 heteroatoms. The quantitative estimate of drug-likeness (QED) is 0.617. The summed E-state index contributed by atoms with van der Waals surface area (Å²) >= 11 is 3.42. The van der Waals surface area contributed by atoms with Crippen LogP contribution in [0.3, 0.4) is 0 Å². The molecule has 0 radical (unpaired) electrons. The second-order valence-corrected chi connectivity index (χ2v) is 7.82. The molecule has 1 saturated heterocycles. The molecule has 0 bridgehead atoms. The van der Waals surface area contributed by atoms with Crippen LogP contribution in [0.15, 0.2) is 57.5 Å². The van der Waals surface area contributed by atoms with E-state index in [1.165, 1.54) is 0 Å². The van der Waals surface area contributed by atoms with Crippen molar-refractivity contribution in [2.45, 2.75) is 13.5 Å². The van der Waals surface area contributed by atoms with Crippen LogP contribution >= 0.6 is 15.9 Å². The first kappa shape index (κ1) is 18.8. The van der Waals surface area contributed by atoms with E-state index in [0.717, 1.165) is 28.7 Å². The smallest absolute Gasteiger partial charge is 0.253 e. The monoisotopic (exact) mass is 440 g/mol. The molecule has 0 spiro atoms. The Labute approximate surface area is 172 Å². The molecule has 6 nitrogen and oxygen atoms in total. The molecule has 28 heavy (non-hydrogen) atoms. The molecule has 1 amide bonds. The first-order valence-corrected chi connectivity index (χ1v) is 10.1. The first-order valence-electron chi connectivity index (χ1n) is 9.26. The summed E-state index contributed by atoms with van der Waals surface area (Å²) in [5, 5.41) is 4.12. The van der Waals surface area contributed by atoms with Crippen molar-refractivity contribution in [2.75, 3.05) is 26.2 Å². The maximum Gasteiger partial charge on any atom is 0.253 e. The fourth-order valence-corrected chi connectivity index (χ4v) is 3.76. The Balaban J connectivity index is 1.35. The molecule has 144 valence electrons. The van der Waals surface area contributed by atoms with Gasteiger partial charge in [0.15, 0.2) is 0 Å². The third kappa shape index (κ3) is 4.15. The molecule has 4 rings (SSSR count). The molecular weight excluding hydrogens is 420 g/mol. The third-order valence-corrected chi connectivity index (χ3v) is 5.44. The molecule has 1 fully saturated rings. The number of benzene rings is 2. The second kappa shape index (κ2) is 8.24. The lowest BCUT2D eigenvalue weighted by atomic mass is 10.1. The van der Waals surface area contributed by atoms with Crippen LogP contribution in [0.5, 0.6) is 0 Å². The van der Waals surface area contributed by atoms with Crippen LogP contribution in [0, 0.1) is 6.92 Å². The molecule has 0 saturated carbocycles. The first-order chi connectivity index (χ1) is 13.6. The number of rotatable bonds is 4. The molecule has 0 unspecified atom stereocenters. The zero-order chi connectivity index (χ0) is 19.5. The fourth-order valence-electron chi connectivity index (χ4n) is 3.36. The molecule has 3 aromatic rings. The predicted molar refractivity (Wildman–Crippen MR) is 110 cm³/mol. The highest BCUT2D eigenvalue weighted by Gasteiger charge is 2.23. The van der Waals surface area contributed by atoms with E-state index in [4.69, 9.17) is 4.52 Å². The summed E-state index contributed by atoms with van der Waals surface area (Å²) in [5.41, 5.74) is 2.82. The SMILES string of the molecule is Cc1ccccc1-c1noc(CN2CCN(C(=O)c3cccc(Br)c3)CC2)n1. The molecule has 1 aromatic heterocycles. The van der Waals surface area contributed by atoms with Gasteiger partial charge in [-0.15, -0.1) is 0 Å². The molecule has 0 aliphatic carbocycles. The van der Waals surface area contributed by atoms with Gasteiger partial charge in [-0.3, -0.25) is 9.69 Å². The average Bonchev–Trinajstić information content (AvgIpc) is 3.16. The Morgan fingerprint density at radius 1 is 1.11 bits per heavy atom. The number of aromatic nitrogens is 2. The number of carbonyl (C=O) groups excluding carboxylic acids is 1. The van der Waals surface area contributed by atoms with E-state index in [2.05, 4.69) is 31.0 Å². The lowest BCUT2D eigenvalue weighted by Crippen LogP contribution is -2.48. The Hall–Kier alpha value is -2.51. The highest BCUT2D eigenvalue weighted by Crippen LogP contribution is 2.20. The van der Waals surface area contributed by atoms with Crippen molar-refractivity contribution in [1.29, 1.82) is 0 Å². The number of piperazine rings is 1. The Kier molecular flexibility index (Phi) is 5.54. The molecular formula is C21H21BrN4O2. The van der Waals surface area contributed by atoms with Gasteiger partial charge in [-0.2, -0.15) is 4.98 Å². The van der Waals surface area contributed by atoms with Crippen LogP contribution < -0.4 is 0 Å². The van der Waals surface area contributed by atoms with Gasteiger partial charge in [0.1, 0.15) is 0 Å². The van der Waals surface area contributed by atoms with Gasteiger partial charge in [-0.25, -0.2) is 0 Å². The van der Waals surface area contributed by atoms with Crippen molar-refractivity contribution < 1.29 is 9.32 Å². The highest BCUT2D eigenvalue weighted by molar-refractivity contribution is 9.10. The van der Waals surface area contributed by atoms with Gasteiger partial charge >= 0.3 is 0 Å². The van der Waals surface area contributed by atoms with Crippen molar-refractivity contribution in [3.05, 3.63) is 70.0 Å². The summed E-state index contributed by atoms with van der Waals surface area (Å²) in [6.45, 7) is 5.56. The standard InChI is InChI=1S/C21H21BrN4O2/c1-15-5-2-3-8-18(15)20-23-19(28-24-20)14-25-9-11-26(12-10-25)21(27)16-6-4-7-17(22)13-16/h2-8,13H,9-12,14H2,1H3. The van der Waals surface area contributed by atoms with Crippen LogP contribution in [-0.4, -0.2) is 52.0 Å². The maximum absolute atomic E-state index is 12.7. The minimum absolute atomic E-state index is 0.0700. The van der Waals surface area contributed by atoms with E-state index in [1.54, 1.807) is 0 Å². The summed E-state index contributed by atoms with van der Waals surface area (Å²) in [7, 11) is 0. The van der Waals surface area contributed by atoms with Crippen molar-refractivity contribution in [1.82, 2.24) is 19.9 Å². The summed E-state index contributed by atoms with van der Waals surface area (Å²) in [5.74, 6) is 1.29. The van der Waals surface area contributed by atoms with E-state index < -0.39 is 0 Å². The van der Waals surface area contributed by atoms with Gasteiger partial charge in [-0.05, 0) is 30.7 Å². The summed E-state index contributed by atoms with van der Waals surface area (Å²) in [6.07, 6.45) is 0. The van der Waals surface area contributed by atoms with E-state index in [1.807, 2.05) is 60.4 Å². The lowest BCUT2D eigenvalue weighted by molar-refractivity contribution is 0.0615. The maximum atomic E-state index is 12.7. The van der Waals surface area contributed by atoms with Gasteiger partial charge in [0, 0.05) is 41.8 Å². The number of hydrogen-bond acceptors (Lipinski definition) is 5. The highest BCUT2D eigenvalue weighted by atomic mass is 79.9. The second-order valence-electron chi connectivity index (χ2n) is 6.91. The number of aryl methyl sites for hydroxylation is 1. The van der Waals surface area contributed by atoms with E-state index >= 15 is 0 Å². The van der Waals surface area contributed by atoms with Crippen molar-refractivity contribution in [2.24, 2.45) is 0 Å². The summed E-state index contributed by atoms with van der Waals surface area (Å²) < 4.78 is 6.36. The number of carbonyl (C=O) groups is 1. The van der Waals surface area contributed by atoms with Gasteiger partial charge in [0.25, 0.3) is 5.91 Å². The minimum Gasteiger partial charge on any atom is -0.338 e. The number of nitrogens with zero attached hydrogens (tertiary/aromatic N) is 4. The predicted octanol–water partition coefficient (Wildman–Crippen LogP) is 3.77. The zero-order valence-electron chi connectivity index (χ0n) is 15.6. The topological polar surface area (TPSA) is 62.5 Å². The Morgan fingerprint density at radius 2 is 1.89 bits per heavy atom. The van der Waals surface area contributed by atoms with Crippen LogP contribution in [0.25, 0.3) is 11.4 Å². The van der Waals surface area contributed by atoms with Gasteiger partial charge in [-0.1, -0.05) is 51.4 Å². The van der Waals surface area contributed by atoms with Gasteiger partial charge in [0.2, 0.25) is 11.7 Å². The van der Waals surface area contributed by atoms with Crippen LogP contribution in [-0.2, 0) is 6.54 Å². The Bertz CT molecular complexity index is 980. The van der Waals surface area contributed by atoms with E-state index in [-0.39, 0.29) is 5.91 Å². The molecule has 0 N–H and O–H groups in total. The Morgan fingerprint density at radius 3 is 2.64 bits per heavy atom. The van der Waals surface area contributed by atoms with Crippen molar-refractivity contribution in [3.63, 3.8) is 0 Å². The number of halogens is 1. The molecule has 1 aliphatic rings. The lowest BCUT2D eigenvalue weighted by Gasteiger charge is -2.34. The van der Waals surface area contributed by atoms with Crippen LogP contribution in [0.2, 0.25) is 0 Å². The van der Waals surface area contributed by atoms with E-state index in [0.29, 0.717) is 36.9 Å². The van der Waals surface area contributed by atoms with Crippen LogP contribution in [0.4, 0.5) is 0 Å². The average molecular weight is 441 g/mol. The van der Waals surface area contributed by atoms with E-state index in [9.17, 15) is 4.79 Å². The van der Waals surface area contributed by atoms with Crippen LogP contribution in [0.1, 0.15) is 21.8 Å². The molecule has 1 aliphatic heterocycles. The molecule has 2 aromatic carbocycles.